The van der Waals surface area contributed by atoms with Gasteiger partial charge in [0.2, 0.25) is 0 Å². The molecule has 0 spiro atoms. The van der Waals surface area contributed by atoms with Crippen LogP contribution in [0.5, 0.6) is 5.75 Å². The first-order chi connectivity index (χ1) is 13.9. The minimum atomic E-state index is 0.0352. The first kappa shape index (κ1) is 20.2. The van der Waals surface area contributed by atoms with E-state index in [2.05, 4.69) is 57.5 Å². The monoisotopic (exact) mass is 398 g/mol. The van der Waals surface area contributed by atoms with Crippen molar-refractivity contribution in [1.82, 2.24) is 19.7 Å². The van der Waals surface area contributed by atoms with Gasteiger partial charge < -0.3 is 19.9 Å². The van der Waals surface area contributed by atoms with Crippen LogP contribution in [0.25, 0.3) is 0 Å². The maximum absolute atomic E-state index is 5.98. The van der Waals surface area contributed by atoms with Crippen molar-refractivity contribution in [3.63, 3.8) is 0 Å². The van der Waals surface area contributed by atoms with E-state index in [4.69, 9.17) is 10.5 Å². The van der Waals surface area contributed by atoms with Gasteiger partial charge in [-0.2, -0.15) is 0 Å². The van der Waals surface area contributed by atoms with E-state index in [9.17, 15) is 0 Å². The van der Waals surface area contributed by atoms with Crippen LogP contribution < -0.4 is 15.4 Å². The number of hydrogen-bond acceptors (Lipinski definition) is 6. The zero-order valence-electron chi connectivity index (χ0n) is 18.1. The predicted molar refractivity (Wildman–Crippen MR) is 115 cm³/mol. The average molecular weight is 399 g/mol. The summed E-state index contributed by atoms with van der Waals surface area (Å²) in [6, 6.07) is 8.71. The van der Waals surface area contributed by atoms with E-state index in [0.717, 1.165) is 63.0 Å². The van der Waals surface area contributed by atoms with E-state index in [1.54, 1.807) is 7.11 Å². The predicted octanol–water partition coefficient (Wildman–Crippen LogP) is 2.61. The fourth-order valence-electron chi connectivity index (χ4n) is 4.82. The van der Waals surface area contributed by atoms with Crippen molar-refractivity contribution in [3.8, 4) is 5.75 Å². The van der Waals surface area contributed by atoms with E-state index in [1.165, 1.54) is 5.69 Å². The molecule has 1 saturated heterocycles. The van der Waals surface area contributed by atoms with Gasteiger partial charge >= 0.3 is 0 Å². The maximum Gasteiger partial charge on any atom is 0.147 e. The van der Waals surface area contributed by atoms with Crippen molar-refractivity contribution < 1.29 is 4.74 Å². The third-order valence-corrected chi connectivity index (χ3v) is 6.44. The van der Waals surface area contributed by atoms with Gasteiger partial charge in [0, 0.05) is 49.4 Å². The highest BCUT2D eigenvalue weighted by atomic mass is 16.5. The molecule has 2 fully saturated rings. The molecule has 0 unspecified atom stereocenters. The fraction of sp³-hybridized carbons (Fsp3) is 0.636. The topological polar surface area (TPSA) is 72.4 Å². The van der Waals surface area contributed by atoms with E-state index >= 15 is 0 Å². The van der Waals surface area contributed by atoms with Gasteiger partial charge in [0.15, 0.2) is 0 Å². The largest absolute Gasteiger partial charge is 0.497 e. The summed E-state index contributed by atoms with van der Waals surface area (Å²) in [7, 11) is 1.71. The number of methoxy groups -OCH3 is 1. The second-order valence-corrected chi connectivity index (χ2v) is 9.02. The van der Waals surface area contributed by atoms with Crippen molar-refractivity contribution in [2.75, 3.05) is 31.6 Å². The number of ether oxygens (including phenoxy) is 1. The van der Waals surface area contributed by atoms with Gasteiger partial charge in [0.1, 0.15) is 17.4 Å². The molecule has 7 heteroatoms. The lowest BCUT2D eigenvalue weighted by Crippen LogP contribution is -2.59. The molecule has 0 amide bonds. The lowest BCUT2D eigenvalue weighted by molar-refractivity contribution is 0.170. The number of hydrogen-bond donors (Lipinski definition) is 1. The summed E-state index contributed by atoms with van der Waals surface area (Å²) in [5, 5.41) is 9.09. The van der Waals surface area contributed by atoms with Gasteiger partial charge in [-0.15, -0.1) is 10.2 Å². The van der Waals surface area contributed by atoms with Gasteiger partial charge in [-0.1, -0.05) is 0 Å². The molecule has 1 saturated carbocycles. The van der Waals surface area contributed by atoms with Crippen LogP contribution in [0.1, 0.15) is 51.2 Å². The quantitative estimate of drug-likeness (QED) is 0.806. The minimum Gasteiger partial charge on any atom is -0.497 e. The summed E-state index contributed by atoms with van der Waals surface area (Å²) in [4.78, 5) is 5.00. The summed E-state index contributed by atoms with van der Waals surface area (Å²) in [6.45, 7) is 11.6. The maximum atomic E-state index is 5.98. The Morgan fingerprint density at radius 1 is 1.14 bits per heavy atom. The number of nitrogens with zero attached hydrogens (tertiary/aromatic N) is 5. The van der Waals surface area contributed by atoms with Gasteiger partial charge in [0.25, 0.3) is 0 Å². The summed E-state index contributed by atoms with van der Waals surface area (Å²) in [5.41, 5.74) is 7.26. The van der Waals surface area contributed by atoms with Crippen LogP contribution >= 0.6 is 0 Å². The van der Waals surface area contributed by atoms with Crippen LogP contribution in [0, 0.1) is 0 Å². The summed E-state index contributed by atoms with van der Waals surface area (Å²) in [6.07, 6.45) is 2.07. The van der Waals surface area contributed by atoms with Crippen molar-refractivity contribution in [2.45, 2.75) is 64.2 Å². The standard InChI is InChI=1S/C22H34N6O/c1-5-27-20(24-25-21(27)16-12-17(23)13-16)14-26-10-11-28(22(2,3)15-26)18-6-8-19(29-4)9-7-18/h6-9,16-17H,5,10-15,23H2,1-4H3. The molecule has 29 heavy (non-hydrogen) atoms. The zero-order chi connectivity index (χ0) is 20.6. The Kier molecular flexibility index (Phi) is 5.53. The summed E-state index contributed by atoms with van der Waals surface area (Å²) in [5.74, 6) is 3.58. The number of nitrogens with two attached hydrogens (primary N) is 1. The van der Waals surface area contributed by atoms with E-state index in [0.29, 0.717) is 12.0 Å². The normalized spacial score (nSPS) is 24.4. The van der Waals surface area contributed by atoms with E-state index in [1.807, 2.05) is 12.1 Å². The number of piperazine rings is 1. The SMILES string of the molecule is CCn1c(CN2CCN(c3ccc(OC)cc3)C(C)(C)C2)nnc1C1CC(N)C1. The number of benzene rings is 1. The fourth-order valence-corrected chi connectivity index (χ4v) is 4.82. The Morgan fingerprint density at radius 2 is 1.86 bits per heavy atom. The number of aromatic nitrogens is 3. The van der Waals surface area contributed by atoms with Crippen LogP contribution in [0.2, 0.25) is 0 Å². The zero-order valence-corrected chi connectivity index (χ0v) is 18.1. The molecule has 7 nitrogen and oxygen atoms in total. The van der Waals surface area contributed by atoms with Gasteiger partial charge in [0.05, 0.1) is 13.7 Å². The third-order valence-electron chi connectivity index (χ3n) is 6.44. The highest BCUT2D eigenvalue weighted by Crippen LogP contribution is 2.35. The Labute approximate surface area is 173 Å². The molecular weight excluding hydrogens is 364 g/mol. The molecule has 2 N–H and O–H groups in total. The van der Waals surface area contributed by atoms with Gasteiger partial charge in [-0.3, -0.25) is 4.90 Å². The lowest BCUT2D eigenvalue weighted by Gasteiger charge is -2.48. The number of rotatable bonds is 6. The Hall–Kier alpha value is -2.12. The summed E-state index contributed by atoms with van der Waals surface area (Å²) >= 11 is 0. The van der Waals surface area contributed by atoms with E-state index < -0.39 is 0 Å². The summed E-state index contributed by atoms with van der Waals surface area (Å²) < 4.78 is 7.61. The van der Waals surface area contributed by atoms with Crippen molar-refractivity contribution in [1.29, 1.82) is 0 Å². The van der Waals surface area contributed by atoms with Crippen LogP contribution in [0.15, 0.2) is 24.3 Å². The van der Waals surface area contributed by atoms with E-state index in [-0.39, 0.29) is 5.54 Å². The van der Waals surface area contributed by atoms with Crippen molar-refractivity contribution in [3.05, 3.63) is 35.9 Å². The molecule has 0 bridgehead atoms. The Balaban J connectivity index is 1.44. The van der Waals surface area contributed by atoms with Gasteiger partial charge in [-0.05, 0) is 57.9 Å². The first-order valence-corrected chi connectivity index (χ1v) is 10.7. The average Bonchev–Trinajstić information content (AvgIpc) is 3.07. The highest BCUT2D eigenvalue weighted by molar-refractivity contribution is 5.51. The Morgan fingerprint density at radius 3 is 2.45 bits per heavy atom. The molecule has 2 heterocycles. The molecule has 2 aliphatic rings. The smallest absolute Gasteiger partial charge is 0.147 e. The molecule has 1 aliphatic carbocycles. The number of anilines is 1. The molecule has 1 aromatic carbocycles. The van der Waals surface area contributed by atoms with Crippen molar-refractivity contribution >= 4 is 5.69 Å². The van der Waals surface area contributed by atoms with Crippen LogP contribution in [-0.4, -0.2) is 58.0 Å². The second-order valence-electron chi connectivity index (χ2n) is 9.02. The first-order valence-electron chi connectivity index (χ1n) is 10.7. The second kappa shape index (κ2) is 7.95. The lowest BCUT2D eigenvalue weighted by atomic mass is 9.80. The van der Waals surface area contributed by atoms with Crippen LogP contribution in [0.4, 0.5) is 5.69 Å². The van der Waals surface area contributed by atoms with Crippen molar-refractivity contribution in [2.24, 2.45) is 5.73 Å². The van der Waals surface area contributed by atoms with Gasteiger partial charge in [-0.25, -0.2) is 0 Å². The third kappa shape index (κ3) is 3.98. The molecule has 2 aromatic rings. The minimum absolute atomic E-state index is 0.0352. The Bertz CT molecular complexity index is 824. The molecular formula is C22H34N6O. The highest BCUT2D eigenvalue weighted by Gasteiger charge is 2.35. The van der Waals surface area contributed by atoms with Crippen LogP contribution in [-0.2, 0) is 13.1 Å². The molecule has 1 aliphatic heterocycles. The molecule has 158 valence electrons. The molecule has 4 rings (SSSR count). The molecule has 0 atom stereocenters. The van der Waals surface area contributed by atoms with Crippen LogP contribution in [0.3, 0.4) is 0 Å². The molecule has 1 aromatic heterocycles. The molecule has 0 radical (unpaired) electrons.